The van der Waals surface area contributed by atoms with E-state index in [9.17, 15) is 4.79 Å². The second kappa shape index (κ2) is 7.39. The van der Waals surface area contributed by atoms with Crippen LogP contribution in [0.15, 0.2) is 10.7 Å². The van der Waals surface area contributed by atoms with Crippen LogP contribution in [0.5, 0.6) is 5.88 Å². The van der Waals surface area contributed by atoms with Gasteiger partial charge in [0, 0.05) is 26.1 Å². The van der Waals surface area contributed by atoms with Crippen LogP contribution in [0.3, 0.4) is 0 Å². The standard InChI is InChI=1S/C12H17BrN4O3/c1-19-11-9(13)8-15-12(16-11)14-3-2-10(18)17-4-6-20-7-5-17/h8H,2-7H2,1H3,(H,14,15,16). The van der Waals surface area contributed by atoms with E-state index in [0.29, 0.717) is 55.6 Å². The fourth-order valence-corrected chi connectivity index (χ4v) is 2.18. The van der Waals surface area contributed by atoms with Crippen LogP contribution >= 0.6 is 15.9 Å². The monoisotopic (exact) mass is 344 g/mol. The minimum absolute atomic E-state index is 0.116. The molecular formula is C12H17BrN4O3. The number of anilines is 1. The molecule has 1 amide bonds. The highest BCUT2D eigenvalue weighted by Gasteiger charge is 2.16. The Morgan fingerprint density at radius 1 is 1.55 bits per heavy atom. The third-order valence-electron chi connectivity index (χ3n) is 2.89. The van der Waals surface area contributed by atoms with Gasteiger partial charge in [0.2, 0.25) is 17.7 Å². The fraction of sp³-hybridized carbons (Fsp3) is 0.583. The molecule has 110 valence electrons. The molecule has 0 saturated carbocycles. The Balaban J connectivity index is 1.79. The molecule has 0 atom stereocenters. The molecule has 1 N–H and O–H groups in total. The summed E-state index contributed by atoms with van der Waals surface area (Å²) in [6.45, 7) is 3.06. The van der Waals surface area contributed by atoms with Gasteiger partial charge in [-0.3, -0.25) is 4.79 Å². The molecule has 0 spiro atoms. The van der Waals surface area contributed by atoms with Crippen LogP contribution < -0.4 is 10.1 Å². The largest absolute Gasteiger partial charge is 0.480 e. The number of aromatic nitrogens is 2. The molecule has 1 aromatic heterocycles. The number of hydrogen-bond acceptors (Lipinski definition) is 6. The molecule has 0 aliphatic carbocycles. The Morgan fingerprint density at radius 3 is 3.00 bits per heavy atom. The van der Waals surface area contributed by atoms with Crippen molar-refractivity contribution in [3.05, 3.63) is 10.7 Å². The van der Waals surface area contributed by atoms with E-state index in [1.807, 2.05) is 4.90 Å². The minimum atomic E-state index is 0.116. The smallest absolute Gasteiger partial charge is 0.232 e. The average molecular weight is 345 g/mol. The van der Waals surface area contributed by atoms with Crippen LogP contribution in [0.25, 0.3) is 0 Å². The summed E-state index contributed by atoms with van der Waals surface area (Å²) in [6.07, 6.45) is 2.01. The molecule has 1 aliphatic heterocycles. The zero-order chi connectivity index (χ0) is 14.4. The van der Waals surface area contributed by atoms with Gasteiger partial charge in [0.1, 0.15) is 0 Å². The maximum Gasteiger partial charge on any atom is 0.232 e. The molecule has 1 aliphatic rings. The third-order valence-corrected chi connectivity index (χ3v) is 3.43. The summed E-state index contributed by atoms with van der Waals surface area (Å²) >= 11 is 3.28. The molecule has 8 heteroatoms. The zero-order valence-corrected chi connectivity index (χ0v) is 12.9. The van der Waals surface area contributed by atoms with Crippen molar-refractivity contribution in [3.63, 3.8) is 0 Å². The van der Waals surface area contributed by atoms with E-state index < -0.39 is 0 Å². The molecule has 20 heavy (non-hydrogen) atoms. The highest BCUT2D eigenvalue weighted by atomic mass is 79.9. The first kappa shape index (κ1) is 15.0. The van der Waals surface area contributed by atoms with Gasteiger partial charge < -0.3 is 19.7 Å². The molecule has 1 fully saturated rings. The van der Waals surface area contributed by atoms with E-state index in [2.05, 4.69) is 31.2 Å². The van der Waals surface area contributed by atoms with Crippen LogP contribution in [0, 0.1) is 0 Å². The summed E-state index contributed by atoms with van der Waals surface area (Å²) in [5, 5.41) is 3.01. The number of nitrogens with zero attached hydrogens (tertiary/aromatic N) is 3. The van der Waals surface area contributed by atoms with Crippen molar-refractivity contribution >= 4 is 27.8 Å². The van der Waals surface area contributed by atoms with Gasteiger partial charge in [-0.15, -0.1) is 0 Å². The van der Waals surface area contributed by atoms with E-state index in [0.717, 1.165) is 0 Å². The van der Waals surface area contributed by atoms with Crippen LogP contribution in [0.1, 0.15) is 6.42 Å². The van der Waals surface area contributed by atoms with Crippen molar-refractivity contribution in [3.8, 4) is 5.88 Å². The van der Waals surface area contributed by atoms with Crippen molar-refractivity contribution in [2.24, 2.45) is 0 Å². The topological polar surface area (TPSA) is 76.6 Å². The van der Waals surface area contributed by atoms with Crippen molar-refractivity contribution in [1.82, 2.24) is 14.9 Å². The molecule has 0 unspecified atom stereocenters. The lowest BCUT2D eigenvalue weighted by molar-refractivity contribution is -0.134. The Morgan fingerprint density at radius 2 is 2.30 bits per heavy atom. The third kappa shape index (κ3) is 4.04. The molecule has 7 nitrogen and oxygen atoms in total. The highest BCUT2D eigenvalue weighted by molar-refractivity contribution is 9.10. The number of hydrogen-bond donors (Lipinski definition) is 1. The summed E-state index contributed by atoms with van der Waals surface area (Å²) in [5.41, 5.74) is 0. The maximum absolute atomic E-state index is 11.9. The summed E-state index contributed by atoms with van der Waals surface area (Å²) in [6, 6.07) is 0. The molecule has 0 bridgehead atoms. The number of rotatable bonds is 5. The van der Waals surface area contributed by atoms with Gasteiger partial charge in [0.25, 0.3) is 0 Å². The van der Waals surface area contributed by atoms with Gasteiger partial charge in [-0.1, -0.05) is 0 Å². The highest BCUT2D eigenvalue weighted by Crippen LogP contribution is 2.21. The molecule has 0 aromatic carbocycles. The molecule has 2 heterocycles. The lowest BCUT2D eigenvalue weighted by Crippen LogP contribution is -2.41. The Labute approximate surface area is 125 Å². The Kier molecular flexibility index (Phi) is 5.54. The number of amides is 1. The predicted octanol–water partition coefficient (Wildman–Crippen LogP) is 0.909. The molecule has 1 aromatic rings. The quantitative estimate of drug-likeness (QED) is 0.855. The Bertz CT molecular complexity index is 466. The SMILES string of the molecule is COc1nc(NCCC(=O)N2CCOCC2)ncc1Br. The van der Waals surface area contributed by atoms with Gasteiger partial charge in [0.05, 0.1) is 31.0 Å². The van der Waals surface area contributed by atoms with Crippen LogP contribution in [-0.4, -0.2) is 60.7 Å². The summed E-state index contributed by atoms with van der Waals surface area (Å²) in [7, 11) is 1.54. The first-order chi connectivity index (χ1) is 9.70. The van der Waals surface area contributed by atoms with Crippen LogP contribution in [0.2, 0.25) is 0 Å². The van der Waals surface area contributed by atoms with Crippen LogP contribution in [-0.2, 0) is 9.53 Å². The zero-order valence-electron chi connectivity index (χ0n) is 11.3. The second-order valence-electron chi connectivity index (χ2n) is 4.22. The van der Waals surface area contributed by atoms with E-state index in [4.69, 9.17) is 9.47 Å². The number of methoxy groups -OCH3 is 1. The number of carbonyl (C=O) groups is 1. The van der Waals surface area contributed by atoms with Crippen molar-refractivity contribution in [2.45, 2.75) is 6.42 Å². The molecule has 1 saturated heterocycles. The molecular weight excluding hydrogens is 328 g/mol. The first-order valence-electron chi connectivity index (χ1n) is 6.36. The van der Waals surface area contributed by atoms with E-state index in [1.54, 1.807) is 13.3 Å². The molecule has 2 rings (SSSR count). The number of halogens is 1. The van der Waals surface area contributed by atoms with Gasteiger partial charge in [0.15, 0.2) is 0 Å². The summed E-state index contributed by atoms with van der Waals surface area (Å²) in [5.74, 6) is 1.02. The van der Waals surface area contributed by atoms with Gasteiger partial charge in [-0.2, -0.15) is 4.98 Å². The summed E-state index contributed by atoms with van der Waals surface area (Å²) in [4.78, 5) is 22.0. The van der Waals surface area contributed by atoms with Gasteiger partial charge in [-0.25, -0.2) is 4.98 Å². The van der Waals surface area contributed by atoms with E-state index in [-0.39, 0.29) is 5.91 Å². The maximum atomic E-state index is 11.9. The fourth-order valence-electron chi connectivity index (χ4n) is 1.83. The van der Waals surface area contributed by atoms with Gasteiger partial charge >= 0.3 is 0 Å². The van der Waals surface area contributed by atoms with Crippen molar-refractivity contribution in [2.75, 3.05) is 45.3 Å². The first-order valence-corrected chi connectivity index (χ1v) is 7.16. The normalized spacial score (nSPS) is 15.0. The number of carbonyl (C=O) groups excluding carboxylic acids is 1. The van der Waals surface area contributed by atoms with E-state index in [1.165, 1.54) is 0 Å². The lowest BCUT2D eigenvalue weighted by Gasteiger charge is -2.26. The molecule has 0 radical (unpaired) electrons. The number of morpholine rings is 1. The average Bonchev–Trinajstić information content (AvgIpc) is 2.49. The van der Waals surface area contributed by atoms with Crippen molar-refractivity contribution < 1.29 is 14.3 Å². The van der Waals surface area contributed by atoms with E-state index >= 15 is 0 Å². The van der Waals surface area contributed by atoms with Crippen LogP contribution in [0.4, 0.5) is 5.95 Å². The number of ether oxygens (including phenoxy) is 2. The second-order valence-corrected chi connectivity index (χ2v) is 5.08. The summed E-state index contributed by atoms with van der Waals surface area (Å²) < 4.78 is 11.0. The Hall–Kier alpha value is -1.41. The number of nitrogens with one attached hydrogen (secondary N) is 1. The predicted molar refractivity (Wildman–Crippen MR) is 76.8 cm³/mol. The lowest BCUT2D eigenvalue weighted by atomic mass is 10.3. The minimum Gasteiger partial charge on any atom is -0.480 e. The van der Waals surface area contributed by atoms with Gasteiger partial charge in [-0.05, 0) is 15.9 Å². The van der Waals surface area contributed by atoms with Crippen molar-refractivity contribution in [1.29, 1.82) is 0 Å².